The monoisotopic (exact) mass is 716 g/mol. The number of hydrogen-bond acceptors (Lipinski definition) is 3. The summed E-state index contributed by atoms with van der Waals surface area (Å²) in [6.45, 7) is 0. The lowest BCUT2D eigenvalue weighted by Crippen LogP contribution is -3.61. The molecule has 0 N–H and O–H groups in total. The van der Waals surface area contributed by atoms with Gasteiger partial charge in [0.05, 0.1) is 11.1 Å². The Bertz CT molecular complexity index is 1130. The SMILES string of the molecule is FC(F)(F)c1ccc([I+]c2ccc(C(F)(F)F)cc2)cc1.O=S(=O)([O-])C(F)(F)C(F)(F)C(F)(F)C(F)(F)F. The van der Waals surface area contributed by atoms with Gasteiger partial charge in [-0.3, -0.25) is 0 Å². The van der Waals surface area contributed by atoms with Gasteiger partial charge >= 0.3 is 56.8 Å². The maximum absolute atomic E-state index is 12.4. The minimum absolute atomic E-state index is 0.710. The molecule has 216 valence electrons. The highest BCUT2D eigenvalue weighted by molar-refractivity contribution is 7.86. The Morgan fingerprint density at radius 3 is 1.03 bits per heavy atom. The van der Waals surface area contributed by atoms with Crippen LogP contribution in [-0.2, 0) is 22.5 Å². The van der Waals surface area contributed by atoms with E-state index in [4.69, 9.17) is 0 Å². The van der Waals surface area contributed by atoms with Crippen LogP contribution in [0.15, 0.2) is 48.5 Å². The van der Waals surface area contributed by atoms with Gasteiger partial charge in [-0.1, -0.05) is 0 Å². The van der Waals surface area contributed by atoms with Crippen molar-refractivity contribution in [1.82, 2.24) is 0 Å². The summed E-state index contributed by atoms with van der Waals surface area (Å²) in [5.41, 5.74) is -1.47. The highest BCUT2D eigenvalue weighted by Gasteiger charge is 2.83. The van der Waals surface area contributed by atoms with E-state index in [0.717, 1.165) is 24.3 Å². The second-order valence-corrected chi connectivity index (χ2v) is 11.2. The molecule has 2 aromatic rings. The topological polar surface area (TPSA) is 57.2 Å². The van der Waals surface area contributed by atoms with E-state index in [0.29, 0.717) is 7.14 Å². The second-order valence-electron chi connectivity index (χ2n) is 6.72. The molecule has 0 saturated carbocycles. The van der Waals surface area contributed by atoms with E-state index in [1.54, 1.807) is 0 Å². The lowest BCUT2D eigenvalue weighted by Gasteiger charge is -2.34. The van der Waals surface area contributed by atoms with Crippen molar-refractivity contribution < 1.29 is 100 Å². The van der Waals surface area contributed by atoms with E-state index in [1.165, 1.54) is 24.3 Å². The summed E-state index contributed by atoms with van der Waals surface area (Å²) in [5.74, 6) is -14.8. The molecule has 0 spiro atoms. The molecule has 0 aromatic heterocycles. The lowest BCUT2D eigenvalue weighted by atomic mass is 10.1. The Labute approximate surface area is 212 Å². The van der Waals surface area contributed by atoms with Crippen LogP contribution in [0.3, 0.4) is 0 Å². The van der Waals surface area contributed by atoms with Crippen LogP contribution in [0.5, 0.6) is 0 Å². The van der Waals surface area contributed by atoms with E-state index in [2.05, 4.69) is 0 Å². The molecule has 0 saturated heterocycles. The van der Waals surface area contributed by atoms with Gasteiger partial charge in [0.25, 0.3) is 0 Å². The zero-order valence-corrected chi connectivity index (χ0v) is 20.3. The molecule has 0 atom stereocenters. The highest BCUT2D eigenvalue weighted by Crippen LogP contribution is 2.54. The molecular formula is C18H8F15IO3S. The highest BCUT2D eigenvalue weighted by atomic mass is 127. The Morgan fingerprint density at radius 2 is 0.816 bits per heavy atom. The zero-order chi connectivity index (χ0) is 30.2. The lowest BCUT2D eigenvalue weighted by molar-refractivity contribution is -0.597. The second kappa shape index (κ2) is 10.9. The van der Waals surface area contributed by atoms with Gasteiger partial charge in [0.1, 0.15) is 0 Å². The van der Waals surface area contributed by atoms with Gasteiger partial charge in [0, 0.05) is 0 Å². The predicted octanol–water partition coefficient (Wildman–Crippen LogP) is 3.81. The van der Waals surface area contributed by atoms with Crippen molar-refractivity contribution in [3.63, 3.8) is 0 Å². The van der Waals surface area contributed by atoms with Crippen LogP contribution >= 0.6 is 0 Å². The summed E-state index contributed by atoms with van der Waals surface area (Å²) in [6, 6.07) is 9.42. The van der Waals surface area contributed by atoms with Gasteiger partial charge in [0.2, 0.25) is 0 Å². The quantitative estimate of drug-likeness (QED) is 0.269. The van der Waals surface area contributed by atoms with Crippen LogP contribution in [0.4, 0.5) is 65.9 Å². The van der Waals surface area contributed by atoms with Crippen molar-refractivity contribution in [3.05, 3.63) is 66.8 Å². The predicted molar refractivity (Wildman–Crippen MR) is 90.9 cm³/mol. The molecule has 0 bridgehead atoms. The fourth-order valence-electron chi connectivity index (χ4n) is 2.05. The molecule has 0 fully saturated rings. The molecule has 0 aliphatic rings. The molecule has 0 amide bonds. The Balaban J connectivity index is 0.000000391. The average molecular weight is 716 g/mol. The van der Waals surface area contributed by atoms with Gasteiger partial charge in [0.15, 0.2) is 17.3 Å². The van der Waals surface area contributed by atoms with Crippen molar-refractivity contribution in [2.45, 2.75) is 35.6 Å². The average Bonchev–Trinajstić information content (AvgIpc) is 2.72. The van der Waals surface area contributed by atoms with E-state index in [9.17, 15) is 78.8 Å². The molecule has 0 radical (unpaired) electrons. The minimum atomic E-state index is -7.43. The number of benzene rings is 2. The first kappa shape index (κ1) is 34.1. The van der Waals surface area contributed by atoms with Crippen LogP contribution in [-0.4, -0.2) is 36.2 Å². The normalized spacial score (nSPS) is 14.1. The summed E-state index contributed by atoms with van der Waals surface area (Å²) >= 11 is -0.805. The summed E-state index contributed by atoms with van der Waals surface area (Å²) in [7, 11) is -7.42. The van der Waals surface area contributed by atoms with Gasteiger partial charge in [-0.2, -0.15) is 65.9 Å². The maximum atomic E-state index is 12.4. The molecule has 38 heavy (non-hydrogen) atoms. The molecule has 2 aromatic carbocycles. The minimum Gasteiger partial charge on any atom is -0.743 e. The van der Waals surface area contributed by atoms with Crippen LogP contribution in [0.1, 0.15) is 11.1 Å². The smallest absolute Gasteiger partial charge is 0.460 e. The first-order valence-electron chi connectivity index (χ1n) is 8.81. The first-order valence-corrected chi connectivity index (χ1v) is 12.4. The Hall–Kier alpha value is -1.97. The van der Waals surface area contributed by atoms with Crippen molar-refractivity contribution in [1.29, 1.82) is 0 Å². The summed E-state index contributed by atoms with van der Waals surface area (Å²) < 4.78 is 211. The van der Waals surface area contributed by atoms with Crippen molar-refractivity contribution in [3.8, 4) is 0 Å². The number of alkyl halides is 15. The van der Waals surface area contributed by atoms with E-state index >= 15 is 0 Å². The molecule has 20 heteroatoms. The molecule has 0 heterocycles. The summed E-state index contributed by atoms with van der Waals surface area (Å²) in [5, 5.41) is -7.11. The van der Waals surface area contributed by atoms with Crippen LogP contribution in [0.25, 0.3) is 0 Å². The standard InChI is InChI=1S/C14H8F6I.C4HF9O3S/c15-13(16,17)9-1-5-11(6-2-9)21-12-7-3-10(4-8-12)14(18,19)20;5-1(6,3(9,10)11)2(7,8)4(12,13)17(14,15)16/h1-8H;(H,14,15,16)/q+1;/p-1. The van der Waals surface area contributed by atoms with Crippen LogP contribution < -0.4 is 21.2 Å². The number of rotatable bonds is 5. The third kappa shape index (κ3) is 7.57. The largest absolute Gasteiger partial charge is 0.743 e. The fraction of sp³-hybridized carbons (Fsp3) is 0.333. The van der Waals surface area contributed by atoms with Gasteiger partial charge in [-0.25, -0.2) is 8.42 Å². The van der Waals surface area contributed by atoms with E-state index in [1.807, 2.05) is 0 Å². The summed E-state index contributed by atoms with van der Waals surface area (Å²) in [4.78, 5) is 0. The van der Waals surface area contributed by atoms with Crippen LogP contribution in [0, 0.1) is 7.14 Å². The van der Waals surface area contributed by atoms with E-state index < -0.39 is 78.1 Å². The Kier molecular flexibility index (Phi) is 9.76. The molecule has 3 nitrogen and oxygen atoms in total. The Morgan fingerprint density at radius 1 is 0.526 bits per heavy atom. The van der Waals surface area contributed by atoms with Gasteiger partial charge < -0.3 is 4.55 Å². The van der Waals surface area contributed by atoms with Crippen molar-refractivity contribution in [2.75, 3.05) is 0 Å². The van der Waals surface area contributed by atoms with Crippen LogP contribution in [0.2, 0.25) is 0 Å². The molecular weight excluding hydrogens is 708 g/mol. The van der Waals surface area contributed by atoms with Gasteiger partial charge in [-0.15, -0.1) is 0 Å². The fourth-order valence-corrected chi connectivity index (χ4v) is 4.65. The number of halogens is 16. The van der Waals surface area contributed by atoms with Crippen molar-refractivity contribution >= 4 is 10.1 Å². The third-order valence-corrected chi connectivity index (χ3v) is 7.56. The number of hydrogen-bond donors (Lipinski definition) is 0. The van der Waals surface area contributed by atoms with Gasteiger partial charge in [-0.05, 0) is 48.5 Å². The molecule has 0 aliphatic heterocycles. The van der Waals surface area contributed by atoms with E-state index in [-0.39, 0.29) is 0 Å². The molecule has 0 aliphatic carbocycles. The summed E-state index contributed by atoms with van der Waals surface area (Å²) in [6.07, 6.45) is -15.9. The molecule has 0 unspecified atom stereocenters. The third-order valence-electron chi connectivity index (χ3n) is 3.99. The first-order chi connectivity index (χ1) is 16.7. The molecule has 2 rings (SSSR count). The van der Waals surface area contributed by atoms with Crippen molar-refractivity contribution in [2.24, 2.45) is 0 Å². The zero-order valence-electron chi connectivity index (χ0n) is 17.3. The maximum Gasteiger partial charge on any atom is 0.460 e.